The number of benzene rings is 1. The van der Waals surface area contributed by atoms with Crippen LogP contribution in [0.4, 0.5) is 10.1 Å². The first-order valence-electron chi connectivity index (χ1n) is 8.70. The first kappa shape index (κ1) is 18.9. The Balaban J connectivity index is 1.63. The van der Waals surface area contributed by atoms with Gasteiger partial charge in [-0.1, -0.05) is 12.1 Å². The third-order valence-electron chi connectivity index (χ3n) is 4.34. The monoisotopic (exact) mass is 372 g/mol. The van der Waals surface area contributed by atoms with E-state index in [9.17, 15) is 14.0 Å². The lowest BCUT2D eigenvalue weighted by Gasteiger charge is -2.34. The van der Waals surface area contributed by atoms with E-state index < -0.39 is 11.8 Å². The molecular formula is C19H21FN4O3. The number of halogens is 1. The number of ether oxygens (including phenoxy) is 1. The van der Waals surface area contributed by atoms with E-state index in [1.54, 1.807) is 24.3 Å². The van der Waals surface area contributed by atoms with Crippen LogP contribution in [-0.2, 0) is 14.3 Å². The van der Waals surface area contributed by atoms with Gasteiger partial charge < -0.3 is 15.4 Å². The predicted molar refractivity (Wildman–Crippen MR) is 97.4 cm³/mol. The van der Waals surface area contributed by atoms with E-state index >= 15 is 0 Å². The molecule has 1 atom stereocenters. The average Bonchev–Trinajstić information content (AvgIpc) is 2.71. The summed E-state index contributed by atoms with van der Waals surface area (Å²) in [6.07, 6.45) is 3.05. The molecule has 0 radical (unpaired) electrons. The molecule has 0 spiro atoms. The third kappa shape index (κ3) is 5.32. The normalized spacial score (nSPS) is 15.7. The molecule has 8 heteroatoms. The molecule has 1 aliphatic heterocycles. The maximum atomic E-state index is 13.3. The van der Waals surface area contributed by atoms with E-state index in [4.69, 9.17) is 4.74 Å². The maximum absolute atomic E-state index is 13.3. The Morgan fingerprint density at radius 2 is 1.74 bits per heavy atom. The van der Waals surface area contributed by atoms with Crippen LogP contribution in [0, 0.1) is 5.82 Å². The zero-order valence-electron chi connectivity index (χ0n) is 14.7. The number of carbonyl (C=O) groups is 2. The molecular weight excluding hydrogens is 351 g/mol. The number of aromatic nitrogens is 1. The van der Waals surface area contributed by atoms with Crippen molar-refractivity contribution in [1.82, 2.24) is 15.2 Å². The highest BCUT2D eigenvalue weighted by atomic mass is 19.1. The Morgan fingerprint density at radius 1 is 1.07 bits per heavy atom. The standard InChI is InChI=1S/C19H21FN4O3/c20-15-3-1-14(2-4-15)17(24-9-11-27-12-10-24)13-22-18(25)19(26)23-16-5-7-21-8-6-16/h1-8,17H,9-13H2,(H,22,25)(H,21,23,26)/t17-/m1/s1. The molecule has 7 nitrogen and oxygen atoms in total. The van der Waals surface area contributed by atoms with E-state index in [0.717, 1.165) is 5.56 Å². The van der Waals surface area contributed by atoms with Gasteiger partial charge in [-0.15, -0.1) is 0 Å². The van der Waals surface area contributed by atoms with Crippen LogP contribution >= 0.6 is 0 Å². The van der Waals surface area contributed by atoms with Crippen molar-refractivity contribution >= 4 is 17.5 Å². The van der Waals surface area contributed by atoms with Gasteiger partial charge in [0.1, 0.15) is 5.82 Å². The summed E-state index contributed by atoms with van der Waals surface area (Å²) in [5, 5.41) is 5.19. The smallest absolute Gasteiger partial charge is 0.313 e. The van der Waals surface area contributed by atoms with Gasteiger partial charge in [0.2, 0.25) is 0 Å². The van der Waals surface area contributed by atoms with Gasteiger partial charge >= 0.3 is 11.8 Å². The number of amides is 2. The van der Waals surface area contributed by atoms with Gasteiger partial charge in [0, 0.05) is 37.7 Å². The zero-order chi connectivity index (χ0) is 19.1. The molecule has 2 amide bonds. The van der Waals surface area contributed by atoms with Crippen molar-refractivity contribution in [2.75, 3.05) is 38.2 Å². The number of pyridine rings is 1. The van der Waals surface area contributed by atoms with E-state index in [1.165, 1.54) is 24.5 Å². The van der Waals surface area contributed by atoms with Crippen molar-refractivity contribution in [1.29, 1.82) is 0 Å². The van der Waals surface area contributed by atoms with Crippen molar-refractivity contribution in [2.45, 2.75) is 6.04 Å². The van der Waals surface area contributed by atoms with Gasteiger partial charge in [-0.2, -0.15) is 0 Å². The summed E-state index contributed by atoms with van der Waals surface area (Å²) in [5.74, 6) is -1.80. The largest absolute Gasteiger partial charge is 0.379 e. The van der Waals surface area contributed by atoms with E-state index in [-0.39, 0.29) is 18.4 Å². The first-order valence-corrected chi connectivity index (χ1v) is 8.70. The fourth-order valence-corrected chi connectivity index (χ4v) is 2.92. The Kier molecular flexibility index (Phi) is 6.45. The summed E-state index contributed by atoms with van der Waals surface area (Å²) in [6.45, 7) is 2.80. The SMILES string of the molecule is O=C(NC[C@H](c1ccc(F)cc1)N1CCOCC1)C(=O)Nc1ccncc1. The second-order valence-electron chi connectivity index (χ2n) is 6.12. The fourth-order valence-electron chi connectivity index (χ4n) is 2.92. The van der Waals surface area contributed by atoms with Crippen LogP contribution in [0.25, 0.3) is 0 Å². The third-order valence-corrected chi connectivity index (χ3v) is 4.34. The van der Waals surface area contributed by atoms with Crippen molar-refractivity contribution in [3.05, 3.63) is 60.2 Å². The average molecular weight is 372 g/mol. The molecule has 1 saturated heterocycles. The summed E-state index contributed by atoms with van der Waals surface area (Å²) in [4.78, 5) is 30.2. The number of morpholine rings is 1. The quantitative estimate of drug-likeness (QED) is 0.774. The number of rotatable bonds is 5. The van der Waals surface area contributed by atoms with Crippen molar-refractivity contribution in [3.8, 4) is 0 Å². The molecule has 142 valence electrons. The van der Waals surface area contributed by atoms with Crippen LogP contribution in [0.3, 0.4) is 0 Å². The lowest BCUT2D eigenvalue weighted by molar-refractivity contribution is -0.136. The lowest BCUT2D eigenvalue weighted by Crippen LogP contribution is -2.45. The van der Waals surface area contributed by atoms with Crippen LogP contribution < -0.4 is 10.6 Å². The van der Waals surface area contributed by atoms with Gasteiger partial charge in [0.15, 0.2) is 0 Å². The number of anilines is 1. The van der Waals surface area contributed by atoms with Crippen LogP contribution in [0.2, 0.25) is 0 Å². The minimum atomic E-state index is -0.749. The van der Waals surface area contributed by atoms with Gasteiger partial charge in [0.05, 0.1) is 19.3 Å². The molecule has 1 aromatic carbocycles. The zero-order valence-corrected chi connectivity index (χ0v) is 14.7. The number of nitrogens with zero attached hydrogens (tertiary/aromatic N) is 2. The Hall–Kier alpha value is -2.84. The maximum Gasteiger partial charge on any atom is 0.313 e. The Morgan fingerprint density at radius 3 is 2.41 bits per heavy atom. The van der Waals surface area contributed by atoms with Gasteiger partial charge in [-0.25, -0.2) is 4.39 Å². The Labute approximate surface area is 156 Å². The van der Waals surface area contributed by atoms with Gasteiger partial charge in [0.25, 0.3) is 0 Å². The summed E-state index contributed by atoms with van der Waals surface area (Å²) in [7, 11) is 0. The molecule has 3 rings (SSSR count). The van der Waals surface area contributed by atoms with Crippen LogP contribution in [0.15, 0.2) is 48.8 Å². The second kappa shape index (κ2) is 9.20. The van der Waals surface area contributed by atoms with Crippen LogP contribution in [-0.4, -0.2) is 54.5 Å². The molecule has 2 N–H and O–H groups in total. The summed E-state index contributed by atoms with van der Waals surface area (Å²) < 4.78 is 18.6. The molecule has 0 aliphatic carbocycles. The first-order chi connectivity index (χ1) is 13.1. The molecule has 0 saturated carbocycles. The van der Waals surface area contributed by atoms with Gasteiger partial charge in [-0.05, 0) is 29.8 Å². The number of nitrogens with one attached hydrogen (secondary N) is 2. The predicted octanol–water partition coefficient (Wildman–Crippen LogP) is 1.35. The minimum Gasteiger partial charge on any atom is -0.379 e. The summed E-state index contributed by atoms with van der Waals surface area (Å²) in [5.41, 5.74) is 1.36. The topological polar surface area (TPSA) is 83.6 Å². The van der Waals surface area contributed by atoms with E-state index in [2.05, 4.69) is 20.5 Å². The number of hydrogen-bond acceptors (Lipinski definition) is 5. The molecule has 1 fully saturated rings. The number of carbonyl (C=O) groups excluding carboxylic acids is 2. The highest BCUT2D eigenvalue weighted by Gasteiger charge is 2.24. The van der Waals surface area contributed by atoms with E-state index in [0.29, 0.717) is 32.0 Å². The lowest BCUT2D eigenvalue weighted by atomic mass is 10.0. The van der Waals surface area contributed by atoms with Crippen LogP contribution in [0.1, 0.15) is 11.6 Å². The Bertz CT molecular complexity index is 764. The van der Waals surface area contributed by atoms with Crippen molar-refractivity contribution < 1.29 is 18.7 Å². The fraction of sp³-hybridized carbons (Fsp3) is 0.316. The molecule has 1 aliphatic rings. The van der Waals surface area contributed by atoms with Crippen molar-refractivity contribution in [2.24, 2.45) is 0 Å². The molecule has 2 heterocycles. The van der Waals surface area contributed by atoms with Crippen LogP contribution in [0.5, 0.6) is 0 Å². The van der Waals surface area contributed by atoms with Crippen molar-refractivity contribution in [3.63, 3.8) is 0 Å². The molecule has 0 bridgehead atoms. The highest BCUT2D eigenvalue weighted by molar-refractivity contribution is 6.39. The molecule has 27 heavy (non-hydrogen) atoms. The summed E-state index contributed by atoms with van der Waals surface area (Å²) in [6, 6.07) is 9.19. The molecule has 1 aromatic heterocycles. The summed E-state index contributed by atoms with van der Waals surface area (Å²) >= 11 is 0. The molecule has 0 unspecified atom stereocenters. The second-order valence-corrected chi connectivity index (χ2v) is 6.12. The molecule has 2 aromatic rings. The van der Waals surface area contributed by atoms with E-state index in [1.807, 2.05) is 0 Å². The van der Waals surface area contributed by atoms with Gasteiger partial charge in [-0.3, -0.25) is 19.5 Å². The highest BCUT2D eigenvalue weighted by Crippen LogP contribution is 2.21. The number of hydrogen-bond donors (Lipinski definition) is 2. The minimum absolute atomic E-state index is 0.174.